The molecule has 4 atom stereocenters. The number of imide groups is 1. The summed E-state index contributed by atoms with van der Waals surface area (Å²) in [5.41, 5.74) is 0.865. The van der Waals surface area contributed by atoms with Crippen LogP contribution in [0.15, 0.2) is 65.2 Å². The molecule has 1 heterocycles. The summed E-state index contributed by atoms with van der Waals surface area (Å²) in [6.07, 6.45) is 5.03. The molecule has 1 saturated carbocycles. The van der Waals surface area contributed by atoms with Crippen LogP contribution in [-0.4, -0.2) is 17.8 Å². The van der Waals surface area contributed by atoms with Gasteiger partial charge in [0, 0.05) is 10.5 Å². The van der Waals surface area contributed by atoms with Gasteiger partial charge >= 0.3 is 5.97 Å². The molecule has 0 spiro atoms. The lowest BCUT2D eigenvalue weighted by atomic mass is 9.85. The van der Waals surface area contributed by atoms with E-state index in [2.05, 4.69) is 28.1 Å². The number of hydrogen-bond acceptors (Lipinski definition) is 4. The standard InChI is InChI=1S/C22H16BrNO4/c23-15-8-6-12(7-9-15)22(27)28-17-3-1-2-16(11-17)24-20(25)18-13-4-5-14(10-13)19(18)21(24)26/h1-9,11,13-14,18-19H,10H2/t13-,14-,18+,19+/m0/s1. The van der Waals surface area contributed by atoms with Crippen molar-refractivity contribution in [1.29, 1.82) is 0 Å². The second kappa shape index (κ2) is 6.41. The zero-order chi connectivity index (χ0) is 19.4. The highest BCUT2D eigenvalue weighted by molar-refractivity contribution is 9.10. The number of halogens is 1. The highest BCUT2D eigenvalue weighted by atomic mass is 79.9. The zero-order valence-corrected chi connectivity index (χ0v) is 16.3. The Morgan fingerprint density at radius 1 is 0.964 bits per heavy atom. The first-order valence-electron chi connectivity index (χ1n) is 9.17. The van der Waals surface area contributed by atoms with Crippen molar-refractivity contribution in [3.05, 3.63) is 70.7 Å². The number of carbonyl (C=O) groups excluding carboxylic acids is 3. The van der Waals surface area contributed by atoms with Gasteiger partial charge in [0.05, 0.1) is 23.1 Å². The molecule has 2 fully saturated rings. The van der Waals surface area contributed by atoms with Gasteiger partial charge in [-0.2, -0.15) is 0 Å². The molecule has 2 aromatic carbocycles. The first-order chi connectivity index (χ1) is 13.5. The van der Waals surface area contributed by atoms with Gasteiger partial charge in [-0.1, -0.05) is 34.1 Å². The summed E-state index contributed by atoms with van der Waals surface area (Å²) in [5.74, 6) is -0.684. The predicted molar refractivity (Wildman–Crippen MR) is 106 cm³/mol. The van der Waals surface area contributed by atoms with E-state index in [4.69, 9.17) is 4.74 Å². The molecular formula is C22H16BrNO4. The van der Waals surface area contributed by atoms with Crippen LogP contribution in [0.1, 0.15) is 16.8 Å². The van der Waals surface area contributed by atoms with Crippen molar-refractivity contribution < 1.29 is 19.1 Å². The Morgan fingerprint density at radius 3 is 2.25 bits per heavy atom. The molecule has 6 heteroatoms. The molecule has 2 bridgehead atoms. The van der Waals surface area contributed by atoms with Crippen LogP contribution >= 0.6 is 15.9 Å². The molecule has 0 N–H and O–H groups in total. The number of anilines is 1. The molecule has 5 rings (SSSR count). The van der Waals surface area contributed by atoms with Gasteiger partial charge in [-0.25, -0.2) is 9.69 Å². The van der Waals surface area contributed by atoms with Crippen LogP contribution in [0.4, 0.5) is 5.69 Å². The number of hydrogen-bond donors (Lipinski definition) is 0. The number of esters is 1. The van der Waals surface area contributed by atoms with Crippen LogP contribution in [0, 0.1) is 23.7 Å². The second-order valence-corrected chi connectivity index (χ2v) is 8.32. The Labute approximate surface area is 170 Å². The van der Waals surface area contributed by atoms with E-state index in [-0.39, 0.29) is 35.5 Å². The second-order valence-electron chi connectivity index (χ2n) is 7.41. The maximum atomic E-state index is 12.9. The van der Waals surface area contributed by atoms with E-state index in [0.29, 0.717) is 17.0 Å². The molecule has 0 unspecified atom stereocenters. The summed E-state index contributed by atoms with van der Waals surface area (Å²) in [4.78, 5) is 39.5. The molecular weight excluding hydrogens is 422 g/mol. The summed E-state index contributed by atoms with van der Waals surface area (Å²) in [6, 6.07) is 13.4. The smallest absolute Gasteiger partial charge is 0.343 e. The van der Waals surface area contributed by atoms with Crippen molar-refractivity contribution in [2.45, 2.75) is 6.42 Å². The monoisotopic (exact) mass is 437 g/mol. The summed E-state index contributed by atoms with van der Waals surface area (Å²) in [6.45, 7) is 0. The summed E-state index contributed by atoms with van der Waals surface area (Å²) >= 11 is 3.33. The van der Waals surface area contributed by atoms with Crippen molar-refractivity contribution in [2.75, 3.05) is 4.90 Å². The fraction of sp³-hybridized carbons (Fsp3) is 0.227. The fourth-order valence-electron chi connectivity index (χ4n) is 4.59. The lowest BCUT2D eigenvalue weighted by molar-refractivity contribution is -0.123. The molecule has 2 aliphatic carbocycles. The van der Waals surface area contributed by atoms with Gasteiger partial charge in [-0.15, -0.1) is 0 Å². The Morgan fingerprint density at radius 2 is 1.61 bits per heavy atom. The van der Waals surface area contributed by atoms with Crippen LogP contribution in [0.2, 0.25) is 0 Å². The van der Waals surface area contributed by atoms with Gasteiger partial charge in [0.2, 0.25) is 11.8 Å². The van der Waals surface area contributed by atoms with Crippen LogP contribution in [0.3, 0.4) is 0 Å². The highest BCUT2D eigenvalue weighted by Gasteiger charge is 2.59. The van der Waals surface area contributed by atoms with Crippen molar-refractivity contribution in [3.63, 3.8) is 0 Å². The van der Waals surface area contributed by atoms with Crippen LogP contribution in [0.25, 0.3) is 0 Å². The molecule has 140 valence electrons. The predicted octanol–water partition coefficient (Wildman–Crippen LogP) is 3.98. The van der Waals surface area contributed by atoms with Gasteiger partial charge in [-0.3, -0.25) is 9.59 Å². The van der Waals surface area contributed by atoms with Crippen LogP contribution in [0.5, 0.6) is 5.75 Å². The summed E-state index contributed by atoms with van der Waals surface area (Å²) < 4.78 is 6.31. The third kappa shape index (κ3) is 2.63. The summed E-state index contributed by atoms with van der Waals surface area (Å²) in [7, 11) is 0. The van der Waals surface area contributed by atoms with E-state index in [1.165, 1.54) is 4.90 Å². The molecule has 2 amide bonds. The Bertz CT molecular complexity index is 999. The minimum Gasteiger partial charge on any atom is -0.423 e. The average molecular weight is 438 g/mol. The van der Waals surface area contributed by atoms with E-state index in [9.17, 15) is 14.4 Å². The molecule has 3 aliphatic rings. The van der Waals surface area contributed by atoms with E-state index in [1.54, 1.807) is 48.5 Å². The molecule has 28 heavy (non-hydrogen) atoms. The van der Waals surface area contributed by atoms with Gasteiger partial charge in [-0.05, 0) is 54.7 Å². The normalized spacial score (nSPS) is 27.4. The topological polar surface area (TPSA) is 63.7 Å². The van der Waals surface area contributed by atoms with Gasteiger partial charge in [0.15, 0.2) is 0 Å². The van der Waals surface area contributed by atoms with Crippen molar-refractivity contribution in [1.82, 2.24) is 0 Å². The molecule has 0 radical (unpaired) electrons. The summed E-state index contributed by atoms with van der Waals surface area (Å²) in [5, 5.41) is 0. The zero-order valence-electron chi connectivity index (χ0n) is 14.7. The van der Waals surface area contributed by atoms with Gasteiger partial charge in [0.1, 0.15) is 5.75 Å². The third-order valence-corrected chi connectivity index (χ3v) is 6.37. The minimum atomic E-state index is -0.497. The quantitative estimate of drug-likeness (QED) is 0.315. The average Bonchev–Trinajstić information content (AvgIpc) is 3.36. The SMILES string of the molecule is O=C(Oc1cccc(N2C(=O)[C@H]3[C@H](C2=O)[C@H]2C=C[C@H]3C2)c1)c1ccc(Br)cc1. The van der Waals surface area contributed by atoms with E-state index < -0.39 is 5.97 Å². The minimum absolute atomic E-state index is 0.150. The maximum Gasteiger partial charge on any atom is 0.343 e. The number of allylic oxidation sites excluding steroid dienone is 2. The molecule has 0 aromatic heterocycles. The molecule has 5 nitrogen and oxygen atoms in total. The molecule has 1 saturated heterocycles. The Kier molecular flexibility index (Phi) is 3.98. The number of benzene rings is 2. The molecule has 1 aliphatic heterocycles. The first kappa shape index (κ1) is 17.4. The van der Waals surface area contributed by atoms with Gasteiger partial charge in [0.25, 0.3) is 0 Å². The molecule has 2 aromatic rings. The number of amides is 2. The lowest BCUT2D eigenvalue weighted by Crippen LogP contribution is -2.32. The number of rotatable bonds is 3. The largest absolute Gasteiger partial charge is 0.423 e. The van der Waals surface area contributed by atoms with Crippen LogP contribution < -0.4 is 9.64 Å². The lowest BCUT2D eigenvalue weighted by Gasteiger charge is -2.18. The van der Waals surface area contributed by atoms with Crippen molar-refractivity contribution >= 4 is 39.4 Å². The van der Waals surface area contributed by atoms with Crippen molar-refractivity contribution in [2.24, 2.45) is 23.7 Å². The van der Waals surface area contributed by atoms with E-state index in [0.717, 1.165) is 10.9 Å². The fourth-order valence-corrected chi connectivity index (χ4v) is 4.86. The van der Waals surface area contributed by atoms with Crippen molar-refractivity contribution in [3.8, 4) is 5.75 Å². The number of fused-ring (bicyclic) bond motifs is 5. The highest BCUT2D eigenvalue weighted by Crippen LogP contribution is 2.53. The number of nitrogens with zero attached hydrogens (tertiary/aromatic N) is 1. The number of ether oxygens (including phenoxy) is 1. The number of carbonyl (C=O) groups is 3. The Balaban J connectivity index is 1.39. The van der Waals surface area contributed by atoms with E-state index in [1.807, 2.05) is 0 Å². The first-order valence-corrected chi connectivity index (χ1v) is 9.96. The van der Waals surface area contributed by atoms with Gasteiger partial charge < -0.3 is 4.74 Å². The third-order valence-electron chi connectivity index (χ3n) is 5.84. The van der Waals surface area contributed by atoms with E-state index >= 15 is 0 Å². The Hall–Kier alpha value is -2.73. The maximum absolute atomic E-state index is 12.9. The van der Waals surface area contributed by atoms with Crippen LogP contribution in [-0.2, 0) is 9.59 Å².